The lowest BCUT2D eigenvalue weighted by Crippen LogP contribution is -2.16. The maximum Gasteiger partial charge on any atom is 0.252 e. The Labute approximate surface area is 138 Å². The Morgan fingerprint density at radius 2 is 2.09 bits per heavy atom. The number of amides is 2. The van der Waals surface area contributed by atoms with E-state index in [0.717, 1.165) is 41.0 Å². The largest absolute Gasteiger partial charge is 0.497 e. The van der Waals surface area contributed by atoms with E-state index in [0.29, 0.717) is 10.6 Å². The summed E-state index contributed by atoms with van der Waals surface area (Å²) in [6.07, 6.45) is 2.60. The molecule has 2 amide bonds. The van der Waals surface area contributed by atoms with Crippen LogP contribution >= 0.6 is 11.3 Å². The normalized spacial score (nSPS) is 12.8. The summed E-state index contributed by atoms with van der Waals surface area (Å²) >= 11 is 1.41. The van der Waals surface area contributed by atoms with E-state index in [4.69, 9.17) is 10.5 Å². The molecule has 0 saturated carbocycles. The van der Waals surface area contributed by atoms with Gasteiger partial charge in [0.25, 0.3) is 5.91 Å². The van der Waals surface area contributed by atoms with Gasteiger partial charge in [0.2, 0.25) is 5.91 Å². The zero-order valence-corrected chi connectivity index (χ0v) is 13.9. The molecule has 0 spiro atoms. The van der Waals surface area contributed by atoms with Crippen LogP contribution in [0.3, 0.4) is 0 Å². The van der Waals surface area contributed by atoms with Crippen molar-refractivity contribution in [3.63, 3.8) is 0 Å². The first-order valence-corrected chi connectivity index (χ1v) is 8.23. The van der Waals surface area contributed by atoms with Gasteiger partial charge in [-0.15, -0.1) is 11.3 Å². The number of carbonyl (C=O) groups excluding carboxylic acids is 2. The Bertz CT molecular complexity index is 795. The Balaban J connectivity index is 2.20. The van der Waals surface area contributed by atoms with Crippen LogP contribution in [-0.2, 0) is 17.6 Å². The molecule has 3 N–H and O–H groups in total. The molecular formula is C17H18N2O3S. The first kappa shape index (κ1) is 15.6. The summed E-state index contributed by atoms with van der Waals surface area (Å²) in [7, 11) is 1.65. The monoisotopic (exact) mass is 330 g/mol. The van der Waals surface area contributed by atoms with Gasteiger partial charge in [-0.2, -0.15) is 0 Å². The van der Waals surface area contributed by atoms with Gasteiger partial charge in [-0.05, 0) is 54.2 Å². The second-order valence-corrected chi connectivity index (χ2v) is 6.56. The Kier molecular flexibility index (Phi) is 4.09. The molecule has 1 aliphatic rings. The molecule has 1 heterocycles. The molecule has 1 aromatic heterocycles. The number of hydrogen-bond donors (Lipinski definition) is 2. The van der Waals surface area contributed by atoms with E-state index in [1.54, 1.807) is 7.11 Å². The number of aryl methyl sites for hydroxylation is 1. The molecule has 120 valence electrons. The number of hydrogen-bond acceptors (Lipinski definition) is 4. The summed E-state index contributed by atoms with van der Waals surface area (Å²) in [5.74, 6) is 0.114. The summed E-state index contributed by atoms with van der Waals surface area (Å²) in [4.78, 5) is 24.4. The number of rotatable bonds is 3. The number of carbonyl (C=O) groups is 2. The number of nitrogens with one attached hydrogen (secondary N) is 1. The highest BCUT2D eigenvalue weighted by Gasteiger charge is 2.26. The number of benzene rings is 1. The molecule has 1 aromatic carbocycles. The third kappa shape index (κ3) is 2.82. The van der Waals surface area contributed by atoms with Crippen molar-refractivity contribution < 1.29 is 14.3 Å². The second kappa shape index (κ2) is 6.04. The van der Waals surface area contributed by atoms with Crippen LogP contribution in [0.1, 0.15) is 34.8 Å². The van der Waals surface area contributed by atoms with Crippen LogP contribution in [0.25, 0.3) is 10.4 Å². The van der Waals surface area contributed by atoms with E-state index < -0.39 is 5.91 Å². The molecule has 3 rings (SSSR count). The number of anilines is 1. The molecular weight excluding hydrogens is 312 g/mol. The molecule has 0 bridgehead atoms. The molecule has 0 saturated heterocycles. The maximum atomic E-state index is 11.9. The average Bonchev–Trinajstić information content (AvgIpc) is 2.75. The minimum Gasteiger partial charge on any atom is -0.497 e. The van der Waals surface area contributed by atoms with Crippen LogP contribution in [-0.4, -0.2) is 18.9 Å². The highest BCUT2D eigenvalue weighted by molar-refractivity contribution is 7.20. The van der Waals surface area contributed by atoms with Gasteiger partial charge in [0.05, 0.1) is 12.7 Å². The van der Waals surface area contributed by atoms with Gasteiger partial charge < -0.3 is 15.8 Å². The van der Waals surface area contributed by atoms with Crippen LogP contribution in [0.4, 0.5) is 5.00 Å². The predicted octanol–water partition coefficient (Wildman–Crippen LogP) is 2.97. The number of primary amides is 1. The minimum absolute atomic E-state index is 0.209. The Morgan fingerprint density at radius 1 is 1.30 bits per heavy atom. The molecule has 0 unspecified atom stereocenters. The minimum atomic E-state index is -0.497. The summed E-state index contributed by atoms with van der Waals surface area (Å²) in [6.45, 7) is 1.43. The van der Waals surface area contributed by atoms with Gasteiger partial charge >= 0.3 is 0 Å². The van der Waals surface area contributed by atoms with Crippen LogP contribution in [0.5, 0.6) is 5.75 Å². The maximum absolute atomic E-state index is 11.9. The van der Waals surface area contributed by atoms with Gasteiger partial charge in [-0.1, -0.05) is 0 Å². The van der Waals surface area contributed by atoms with Crippen molar-refractivity contribution in [2.75, 3.05) is 12.4 Å². The van der Waals surface area contributed by atoms with E-state index in [1.807, 2.05) is 18.2 Å². The van der Waals surface area contributed by atoms with Crippen molar-refractivity contribution in [1.29, 1.82) is 0 Å². The van der Waals surface area contributed by atoms with Crippen molar-refractivity contribution in [2.45, 2.75) is 26.2 Å². The lowest BCUT2D eigenvalue weighted by Gasteiger charge is -2.08. The van der Waals surface area contributed by atoms with Crippen molar-refractivity contribution in [2.24, 2.45) is 5.73 Å². The van der Waals surface area contributed by atoms with Gasteiger partial charge in [0.1, 0.15) is 10.8 Å². The van der Waals surface area contributed by atoms with Crippen molar-refractivity contribution >= 4 is 28.2 Å². The van der Waals surface area contributed by atoms with Crippen LogP contribution in [0.15, 0.2) is 18.2 Å². The first-order chi connectivity index (χ1) is 11.0. The number of fused-ring (bicyclic) bond motifs is 3. The summed E-state index contributed by atoms with van der Waals surface area (Å²) < 4.78 is 5.30. The smallest absolute Gasteiger partial charge is 0.252 e. The summed E-state index contributed by atoms with van der Waals surface area (Å²) in [5, 5.41) is 3.28. The van der Waals surface area contributed by atoms with E-state index in [1.165, 1.54) is 23.8 Å². The number of methoxy groups -OCH3 is 1. The fourth-order valence-electron chi connectivity index (χ4n) is 3.01. The summed E-state index contributed by atoms with van der Waals surface area (Å²) in [6, 6.07) is 5.96. The van der Waals surface area contributed by atoms with Crippen molar-refractivity contribution in [3.05, 3.63) is 34.9 Å². The topological polar surface area (TPSA) is 81.4 Å². The first-order valence-electron chi connectivity index (χ1n) is 7.41. The zero-order chi connectivity index (χ0) is 16.6. The molecule has 1 aliphatic carbocycles. The fraction of sp³-hybridized carbons (Fsp3) is 0.294. The molecule has 23 heavy (non-hydrogen) atoms. The lowest BCUT2D eigenvalue weighted by molar-refractivity contribution is -0.114. The quantitative estimate of drug-likeness (QED) is 0.908. The highest BCUT2D eigenvalue weighted by Crippen LogP contribution is 2.44. The zero-order valence-electron chi connectivity index (χ0n) is 13.1. The van der Waals surface area contributed by atoms with E-state index in [9.17, 15) is 9.59 Å². The van der Waals surface area contributed by atoms with Crippen LogP contribution in [0.2, 0.25) is 0 Å². The van der Waals surface area contributed by atoms with Gasteiger partial charge in [0, 0.05) is 11.8 Å². The molecule has 0 fully saturated rings. The summed E-state index contributed by atoms with van der Waals surface area (Å²) in [5.41, 5.74) is 9.24. The highest BCUT2D eigenvalue weighted by atomic mass is 32.1. The molecule has 0 atom stereocenters. The third-order valence-electron chi connectivity index (χ3n) is 3.97. The third-order valence-corrected chi connectivity index (χ3v) is 5.15. The Morgan fingerprint density at radius 3 is 2.74 bits per heavy atom. The van der Waals surface area contributed by atoms with E-state index in [-0.39, 0.29) is 5.91 Å². The molecule has 6 heteroatoms. The Hall–Kier alpha value is -2.34. The van der Waals surface area contributed by atoms with Crippen LogP contribution in [0, 0.1) is 0 Å². The van der Waals surface area contributed by atoms with Gasteiger partial charge in [0.15, 0.2) is 0 Å². The number of thiophene rings is 1. The van der Waals surface area contributed by atoms with Crippen LogP contribution < -0.4 is 15.8 Å². The molecule has 0 aliphatic heterocycles. The SMILES string of the molecule is COc1ccc2c(c1)CCCc1c-2sc(NC(C)=O)c1C(N)=O. The number of ether oxygens (including phenoxy) is 1. The van der Waals surface area contributed by atoms with Crippen molar-refractivity contribution in [1.82, 2.24) is 0 Å². The van der Waals surface area contributed by atoms with Crippen molar-refractivity contribution in [3.8, 4) is 16.2 Å². The van der Waals surface area contributed by atoms with E-state index >= 15 is 0 Å². The fourth-order valence-corrected chi connectivity index (χ4v) is 4.37. The standard InChI is InChI=1S/C17H18N2O3S/c1-9(20)19-17-14(16(18)21)13-5-3-4-10-8-11(22-2)6-7-12(10)15(13)23-17/h6-8H,3-5H2,1-2H3,(H2,18,21)(H,19,20). The molecule has 2 aromatic rings. The predicted molar refractivity (Wildman–Crippen MR) is 91.2 cm³/mol. The number of nitrogens with two attached hydrogens (primary N) is 1. The van der Waals surface area contributed by atoms with Gasteiger partial charge in [-0.25, -0.2) is 0 Å². The molecule has 5 nitrogen and oxygen atoms in total. The van der Waals surface area contributed by atoms with E-state index in [2.05, 4.69) is 5.32 Å². The van der Waals surface area contributed by atoms with Gasteiger partial charge in [-0.3, -0.25) is 9.59 Å². The average molecular weight is 330 g/mol. The second-order valence-electron chi connectivity index (χ2n) is 5.54. The molecule has 0 radical (unpaired) electrons. The lowest BCUT2D eigenvalue weighted by atomic mass is 10.0.